The first-order valence-corrected chi connectivity index (χ1v) is 7.81. The second kappa shape index (κ2) is 7.85. The van der Waals surface area contributed by atoms with E-state index in [1.165, 1.54) is 12.5 Å². The van der Waals surface area contributed by atoms with Crippen molar-refractivity contribution >= 4 is 17.5 Å². The monoisotopic (exact) mass is 346 g/mol. The van der Waals surface area contributed by atoms with Crippen LogP contribution in [0.15, 0.2) is 65.4 Å². The molecule has 1 amide bonds. The molecule has 0 aliphatic heterocycles. The lowest BCUT2D eigenvalue weighted by Gasteiger charge is -2.07. The van der Waals surface area contributed by atoms with Crippen molar-refractivity contribution < 1.29 is 14.0 Å². The summed E-state index contributed by atoms with van der Waals surface area (Å²) in [5, 5.41) is 11.7. The van der Waals surface area contributed by atoms with Crippen LogP contribution >= 0.6 is 0 Å². The van der Waals surface area contributed by atoms with Crippen LogP contribution in [0.5, 0.6) is 0 Å². The van der Waals surface area contributed by atoms with Gasteiger partial charge in [0.2, 0.25) is 5.89 Å². The van der Waals surface area contributed by atoms with Gasteiger partial charge in [-0.25, -0.2) is 9.97 Å². The summed E-state index contributed by atoms with van der Waals surface area (Å²) in [6.07, 6.45) is 2.68. The topological polar surface area (TPSA) is 109 Å². The summed E-state index contributed by atoms with van der Waals surface area (Å²) in [5.41, 5.74) is 1.13. The number of carbonyl (C=O) groups excluding carboxylic acids is 2. The van der Waals surface area contributed by atoms with Crippen molar-refractivity contribution in [1.29, 1.82) is 5.26 Å². The molecule has 3 aromatic rings. The van der Waals surface area contributed by atoms with Crippen LogP contribution in [0.25, 0.3) is 11.5 Å². The first-order valence-electron chi connectivity index (χ1n) is 7.81. The molecule has 26 heavy (non-hydrogen) atoms. The van der Waals surface area contributed by atoms with Gasteiger partial charge in [0.25, 0.3) is 5.91 Å². The highest BCUT2D eigenvalue weighted by atomic mass is 16.3. The van der Waals surface area contributed by atoms with E-state index in [2.05, 4.69) is 15.3 Å². The minimum atomic E-state index is -1.45. The van der Waals surface area contributed by atoms with Gasteiger partial charge < -0.3 is 9.73 Å². The summed E-state index contributed by atoms with van der Waals surface area (Å²) in [6.45, 7) is 0. The Hall–Kier alpha value is -3.79. The van der Waals surface area contributed by atoms with Gasteiger partial charge in [0.05, 0.1) is 18.2 Å². The zero-order valence-electron chi connectivity index (χ0n) is 13.6. The SMILES string of the molecule is N#CC(C(=O)Cc1coc(-c2ccccc2)n1)C(=O)Nc1ccccn1. The Morgan fingerprint density at radius 1 is 1.15 bits per heavy atom. The first-order chi connectivity index (χ1) is 12.7. The van der Waals surface area contributed by atoms with Gasteiger partial charge in [-0.3, -0.25) is 9.59 Å². The number of hydrogen-bond donors (Lipinski definition) is 1. The lowest BCUT2D eigenvalue weighted by atomic mass is 10.0. The van der Waals surface area contributed by atoms with Crippen LogP contribution in [0.1, 0.15) is 5.69 Å². The Morgan fingerprint density at radius 2 is 1.92 bits per heavy atom. The molecule has 0 radical (unpaired) electrons. The summed E-state index contributed by atoms with van der Waals surface area (Å²) in [6, 6.07) is 15.9. The average molecular weight is 346 g/mol. The van der Waals surface area contributed by atoms with E-state index in [1.807, 2.05) is 30.3 Å². The molecule has 0 saturated heterocycles. The van der Waals surface area contributed by atoms with Gasteiger partial charge in [-0.2, -0.15) is 5.26 Å². The number of oxazole rings is 1. The highest BCUT2D eigenvalue weighted by Gasteiger charge is 2.27. The molecular weight excluding hydrogens is 332 g/mol. The van der Waals surface area contributed by atoms with Crippen LogP contribution in [0.4, 0.5) is 5.82 Å². The first kappa shape index (κ1) is 17.0. The van der Waals surface area contributed by atoms with E-state index in [4.69, 9.17) is 4.42 Å². The highest BCUT2D eigenvalue weighted by molar-refractivity contribution is 6.09. The maximum Gasteiger partial charge on any atom is 0.250 e. The van der Waals surface area contributed by atoms with Crippen molar-refractivity contribution in [3.63, 3.8) is 0 Å². The van der Waals surface area contributed by atoms with Crippen molar-refractivity contribution in [3.05, 3.63) is 66.7 Å². The minimum absolute atomic E-state index is 0.176. The molecule has 0 bridgehead atoms. The molecule has 0 saturated carbocycles. The Morgan fingerprint density at radius 3 is 2.62 bits per heavy atom. The van der Waals surface area contributed by atoms with E-state index in [0.717, 1.165) is 5.56 Å². The van der Waals surface area contributed by atoms with Crippen molar-refractivity contribution in [2.45, 2.75) is 6.42 Å². The summed E-state index contributed by atoms with van der Waals surface area (Å²) in [7, 11) is 0. The number of nitriles is 1. The van der Waals surface area contributed by atoms with Crippen LogP contribution in [-0.2, 0) is 16.0 Å². The van der Waals surface area contributed by atoms with E-state index in [9.17, 15) is 14.9 Å². The second-order valence-corrected chi connectivity index (χ2v) is 5.42. The third-order valence-corrected chi connectivity index (χ3v) is 3.56. The average Bonchev–Trinajstić information content (AvgIpc) is 3.12. The van der Waals surface area contributed by atoms with Crippen LogP contribution < -0.4 is 5.32 Å². The van der Waals surface area contributed by atoms with E-state index < -0.39 is 17.6 Å². The molecule has 0 fully saturated rings. The van der Waals surface area contributed by atoms with Crippen LogP contribution in [0, 0.1) is 17.2 Å². The Kier molecular flexibility index (Phi) is 5.15. The number of pyridine rings is 1. The Bertz CT molecular complexity index is 946. The fourth-order valence-electron chi connectivity index (χ4n) is 2.29. The molecule has 1 atom stereocenters. The standard InChI is InChI=1S/C19H14N4O3/c20-11-15(18(25)23-17-8-4-5-9-21-17)16(24)10-14-12-26-19(22-14)13-6-2-1-3-7-13/h1-9,12,15H,10H2,(H,21,23,25). The zero-order valence-corrected chi connectivity index (χ0v) is 13.6. The summed E-state index contributed by atoms with van der Waals surface area (Å²) in [4.78, 5) is 32.7. The van der Waals surface area contributed by atoms with Gasteiger partial charge in [0.1, 0.15) is 12.1 Å². The second-order valence-electron chi connectivity index (χ2n) is 5.42. The van der Waals surface area contributed by atoms with Gasteiger partial charge in [0, 0.05) is 11.8 Å². The van der Waals surface area contributed by atoms with E-state index in [1.54, 1.807) is 24.3 Å². The molecule has 128 valence electrons. The van der Waals surface area contributed by atoms with Crippen LogP contribution in [0.2, 0.25) is 0 Å². The number of rotatable bonds is 6. The van der Waals surface area contributed by atoms with Crippen molar-refractivity contribution in [1.82, 2.24) is 9.97 Å². The molecule has 1 unspecified atom stereocenters. The number of benzene rings is 1. The van der Waals surface area contributed by atoms with Gasteiger partial charge in [-0.05, 0) is 24.3 Å². The van der Waals surface area contributed by atoms with E-state index in [0.29, 0.717) is 11.6 Å². The third-order valence-electron chi connectivity index (χ3n) is 3.56. The van der Waals surface area contributed by atoms with Gasteiger partial charge in [0.15, 0.2) is 11.7 Å². The summed E-state index contributed by atoms with van der Waals surface area (Å²) >= 11 is 0. The maximum atomic E-state index is 12.3. The number of aromatic nitrogens is 2. The number of amides is 1. The number of nitrogens with zero attached hydrogens (tertiary/aromatic N) is 3. The molecule has 3 rings (SSSR count). The van der Waals surface area contributed by atoms with Crippen molar-refractivity contribution in [2.75, 3.05) is 5.32 Å². The molecule has 7 heteroatoms. The molecule has 7 nitrogen and oxygen atoms in total. The van der Waals surface area contributed by atoms with Gasteiger partial charge >= 0.3 is 0 Å². The molecular formula is C19H14N4O3. The smallest absolute Gasteiger partial charge is 0.250 e. The highest BCUT2D eigenvalue weighted by Crippen LogP contribution is 2.19. The van der Waals surface area contributed by atoms with Gasteiger partial charge in [-0.1, -0.05) is 24.3 Å². The largest absolute Gasteiger partial charge is 0.444 e. The van der Waals surface area contributed by atoms with E-state index in [-0.39, 0.29) is 12.2 Å². The number of anilines is 1. The van der Waals surface area contributed by atoms with Crippen molar-refractivity contribution in [3.8, 4) is 17.5 Å². The molecule has 0 aliphatic carbocycles. The normalized spacial score (nSPS) is 11.3. The predicted octanol–water partition coefficient (Wildman–Crippen LogP) is 2.63. The maximum absolute atomic E-state index is 12.3. The Labute approximate surface area is 149 Å². The quantitative estimate of drug-likeness (QED) is 0.687. The third kappa shape index (κ3) is 3.99. The Balaban J connectivity index is 1.67. The lowest BCUT2D eigenvalue weighted by Crippen LogP contribution is -2.30. The van der Waals surface area contributed by atoms with Crippen molar-refractivity contribution in [2.24, 2.45) is 5.92 Å². The molecule has 2 heterocycles. The van der Waals surface area contributed by atoms with Gasteiger partial charge in [-0.15, -0.1) is 0 Å². The molecule has 2 aromatic heterocycles. The number of ketones is 1. The number of carbonyl (C=O) groups is 2. The molecule has 0 aliphatic rings. The number of Topliss-reactive ketones (excluding diaryl/α,β-unsaturated/α-hetero) is 1. The van der Waals surface area contributed by atoms with Crippen LogP contribution in [0.3, 0.4) is 0 Å². The number of hydrogen-bond acceptors (Lipinski definition) is 6. The molecule has 1 aromatic carbocycles. The fraction of sp³-hybridized carbons (Fsp3) is 0.105. The zero-order chi connectivity index (χ0) is 18.4. The predicted molar refractivity (Wildman–Crippen MR) is 92.6 cm³/mol. The lowest BCUT2D eigenvalue weighted by molar-refractivity contribution is -0.128. The van der Waals surface area contributed by atoms with E-state index >= 15 is 0 Å². The molecule has 0 spiro atoms. The summed E-state index contributed by atoms with van der Waals surface area (Å²) in [5.74, 6) is -2.08. The number of nitrogens with one attached hydrogen (secondary N) is 1. The molecule has 1 N–H and O–H groups in total. The van der Waals surface area contributed by atoms with Crippen LogP contribution in [-0.4, -0.2) is 21.7 Å². The fourth-order valence-corrected chi connectivity index (χ4v) is 2.29. The summed E-state index contributed by atoms with van der Waals surface area (Å²) < 4.78 is 5.36. The minimum Gasteiger partial charge on any atom is -0.444 e.